The number of nitrogens with zero attached hydrogens (tertiary/aromatic N) is 4. The van der Waals surface area contributed by atoms with Gasteiger partial charge in [0.2, 0.25) is 11.6 Å². The first-order valence-electron chi connectivity index (χ1n) is 6.31. The maximum Gasteiger partial charge on any atom is 0.352 e. The first kappa shape index (κ1) is 15.1. The van der Waals surface area contributed by atoms with Crippen molar-refractivity contribution in [3.8, 4) is 0 Å². The summed E-state index contributed by atoms with van der Waals surface area (Å²) in [6, 6.07) is 0. The van der Waals surface area contributed by atoms with Crippen LogP contribution < -0.4 is 11.1 Å². The number of hydrogen-bond acceptors (Lipinski definition) is 7. The minimum Gasteiger partial charge on any atom is -0.378 e. The van der Waals surface area contributed by atoms with Gasteiger partial charge >= 0.3 is 5.69 Å². The lowest BCUT2D eigenvalue weighted by Crippen LogP contribution is -2.25. The minimum absolute atomic E-state index is 0.119. The second-order valence-electron chi connectivity index (χ2n) is 4.02. The molecule has 1 rings (SSSR count). The van der Waals surface area contributed by atoms with E-state index in [9.17, 15) is 10.1 Å². The lowest BCUT2D eigenvalue weighted by atomic mass is 10.3. The Labute approximate surface area is 112 Å². The van der Waals surface area contributed by atoms with Crippen LogP contribution in [0.1, 0.15) is 20.3 Å². The summed E-state index contributed by atoms with van der Waals surface area (Å²) in [5.41, 5.74) is 5.22. The van der Waals surface area contributed by atoms with Crippen molar-refractivity contribution >= 4 is 17.3 Å². The fourth-order valence-electron chi connectivity index (χ4n) is 1.75. The van der Waals surface area contributed by atoms with Crippen LogP contribution in [0.2, 0.25) is 0 Å². The van der Waals surface area contributed by atoms with Gasteiger partial charge < -0.3 is 16.0 Å². The van der Waals surface area contributed by atoms with Crippen LogP contribution in [0.15, 0.2) is 6.33 Å². The minimum atomic E-state index is -0.567. The second kappa shape index (κ2) is 7.47. The summed E-state index contributed by atoms with van der Waals surface area (Å²) >= 11 is 0. The Kier molecular flexibility index (Phi) is 5.94. The Morgan fingerprint density at radius 1 is 1.42 bits per heavy atom. The predicted octanol–water partition coefficient (Wildman–Crippen LogP) is 1.11. The molecule has 0 atom stereocenters. The summed E-state index contributed by atoms with van der Waals surface area (Å²) in [6.45, 7) is 7.75. The average molecular weight is 268 g/mol. The summed E-state index contributed by atoms with van der Waals surface area (Å²) in [5.74, 6) is 0.0586. The van der Waals surface area contributed by atoms with Crippen molar-refractivity contribution < 1.29 is 4.92 Å². The number of nitrogen functional groups attached to an aromatic ring is 1. The standard InChI is InChI=1S/C11H20N6O2/c1-3-16(4-2)7-5-6-13-11-9(17(18)19)10(12)14-8-15-11/h8H,3-7H2,1-2H3,(H3,12,13,14,15). The lowest BCUT2D eigenvalue weighted by Gasteiger charge is -2.17. The van der Waals surface area contributed by atoms with E-state index >= 15 is 0 Å². The number of hydrogen-bond donors (Lipinski definition) is 2. The molecule has 106 valence electrons. The third-order valence-electron chi connectivity index (χ3n) is 2.87. The van der Waals surface area contributed by atoms with Crippen molar-refractivity contribution in [3.05, 3.63) is 16.4 Å². The molecule has 1 heterocycles. The molecule has 0 amide bonds. The summed E-state index contributed by atoms with van der Waals surface area (Å²) in [5, 5.41) is 13.8. The van der Waals surface area contributed by atoms with E-state index in [0.717, 1.165) is 26.1 Å². The highest BCUT2D eigenvalue weighted by Crippen LogP contribution is 2.25. The third-order valence-corrected chi connectivity index (χ3v) is 2.87. The molecule has 0 bridgehead atoms. The van der Waals surface area contributed by atoms with Gasteiger partial charge in [0.05, 0.1) is 4.92 Å². The smallest absolute Gasteiger partial charge is 0.352 e. The van der Waals surface area contributed by atoms with Gasteiger partial charge in [-0.3, -0.25) is 10.1 Å². The molecule has 1 aromatic heterocycles. The van der Waals surface area contributed by atoms with Crippen LogP contribution in [0, 0.1) is 10.1 Å². The van der Waals surface area contributed by atoms with E-state index in [-0.39, 0.29) is 17.3 Å². The molecule has 0 aliphatic rings. The van der Waals surface area contributed by atoms with E-state index in [0.29, 0.717) is 6.54 Å². The van der Waals surface area contributed by atoms with E-state index in [4.69, 9.17) is 5.73 Å². The van der Waals surface area contributed by atoms with Crippen molar-refractivity contribution in [1.29, 1.82) is 0 Å². The molecule has 0 saturated carbocycles. The van der Waals surface area contributed by atoms with Crippen LogP contribution in [-0.2, 0) is 0 Å². The monoisotopic (exact) mass is 268 g/mol. The summed E-state index contributed by atoms with van der Waals surface area (Å²) in [7, 11) is 0. The fourth-order valence-corrected chi connectivity index (χ4v) is 1.75. The number of nitrogens with two attached hydrogens (primary N) is 1. The number of nitrogens with one attached hydrogen (secondary N) is 1. The molecule has 3 N–H and O–H groups in total. The fraction of sp³-hybridized carbons (Fsp3) is 0.636. The highest BCUT2D eigenvalue weighted by molar-refractivity contribution is 5.67. The van der Waals surface area contributed by atoms with Gasteiger partial charge in [-0.05, 0) is 26.1 Å². The highest BCUT2D eigenvalue weighted by Gasteiger charge is 2.20. The molecule has 8 heteroatoms. The molecule has 0 spiro atoms. The normalized spacial score (nSPS) is 10.7. The van der Waals surface area contributed by atoms with Crippen molar-refractivity contribution in [3.63, 3.8) is 0 Å². The Balaban J connectivity index is 2.54. The van der Waals surface area contributed by atoms with Gasteiger partial charge in [0.25, 0.3) is 0 Å². The largest absolute Gasteiger partial charge is 0.378 e. The van der Waals surface area contributed by atoms with E-state index in [2.05, 4.69) is 34.0 Å². The topological polar surface area (TPSA) is 110 Å². The van der Waals surface area contributed by atoms with Crippen LogP contribution in [-0.4, -0.2) is 46.0 Å². The van der Waals surface area contributed by atoms with Gasteiger partial charge in [0.15, 0.2) is 0 Å². The van der Waals surface area contributed by atoms with Gasteiger partial charge in [-0.15, -0.1) is 0 Å². The van der Waals surface area contributed by atoms with Gasteiger partial charge in [-0.25, -0.2) is 9.97 Å². The molecule has 0 aliphatic heterocycles. The average Bonchev–Trinajstić information content (AvgIpc) is 2.38. The van der Waals surface area contributed by atoms with Gasteiger partial charge in [-0.2, -0.15) is 0 Å². The summed E-state index contributed by atoms with van der Waals surface area (Å²) in [4.78, 5) is 20.1. The molecule has 8 nitrogen and oxygen atoms in total. The zero-order chi connectivity index (χ0) is 14.3. The van der Waals surface area contributed by atoms with E-state index in [1.807, 2.05) is 0 Å². The third kappa shape index (κ3) is 4.32. The number of aromatic nitrogens is 2. The van der Waals surface area contributed by atoms with E-state index in [1.54, 1.807) is 0 Å². The second-order valence-corrected chi connectivity index (χ2v) is 4.02. The molecule has 0 fully saturated rings. The first-order valence-corrected chi connectivity index (χ1v) is 6.31. The maximum absolute atomic E-state index is 10.9. The van der Waals surface area contributed by atoms with Gasteiger partial charge in [0, 0.05) is 6.54 Å². The number of rotatable bonds is 8. The van der Waals surface area contributed by atoms with E-state index in [1.165, 1.54) is 6.33 Å². The van der Waals surface area contributed by atoms with Crippen molar-refractivity contribution in [2.75, 3.05) is 37.2 Å². The number of nitro groups is 1. The predicted molar refractivity (Wildman–Crippen MR) is 74.0 cm³/mol. The molecule has 1 aromatic rings. The molecular weight excluding hydrogens is 248 g/mol. The molecule has 0 radical (unpaired) electrons. The summed E-state index contributed by atoms with van der Waals surface area (Å²) in [6.07, 6.45) is 2.10. The van der Waals surface area contributed by atoms with Gasteiger partial charge in [-0.1, -0.05) is 13.8 Å². The molecular formula is C11H20N6O2. The Bertz CT molecular complexity index is 422. The van der Waals surface area contributed by atoms with Gasteiger partial charge in [0.1, 0.15) is 6.33 Å². The van der Waals surface area contributed by atoms with Crippen molar-refractivity contribution in [2.24, 2.45) is 0 Å². The van der Waals surface area contributed by atoms with Crippen molar-refractivity contribution in [1.82, 2.24) is 14.9 Å². The number of anilines is 2. The van der Waals surface area contributed by atoms with Crippen LogP contribution >= 0.6 is 0 Å². The molecule has 0 unspecified atom stereocenters. The maximum atomic E-state index is 10.9. The Hall–Kier alpha value is -1.96. The van der Waals surface area contributed by atoms with Crippen LogP contribution in [0.25, 0.3) is 0 Å². The molecule has 0 aromatic carbocycles. The lowest BCUT2D eigenvalue weighted by molar-refractivity contribution is -0.383. The molecule has 0 aliphatic carbocycles. The zero-order valence-electron chi connectivity index (χ0n) is 11.3. The quantitative estimate of drug-likeness (QED) is 0.413. The van der Waals surface area contributed by atoms with Crippen LogP contribution in [0.5, 0.6) is 0 Å². The van der Waals surface area contributed by atoms with E-state index < -0.39 is 4.92 Å². The zero-order valence-corrected chi connectivity index (χ0v) is 11.3. The highest BCUT2D eigenvalue weighted by atomic mass is 16.6. The first-order chi connectivity index (χ1) is 9.10. The van der Waals surface area contributed by atoms with Crippen LogP contribution in [0.4, 0.5) is 17.3 Å². The van der Waals surface area contributed by atoms with Crippen LogP contribution in [0.3, 0.4) is 0 Å². The molecule has 19 heavy (non-hydrogen) atoms. The Morgan fingerprint density at radius 3 is 2.68 bits per heavy atom. The SMILES string of the molecule is CCN(CC)CCCNc1ncnc(N)c1[N+](=O)[O-]. The summed E-state index contributed by atoms with van der Waals surface area (Å²) < 4.78 is 0. The molecule has 0 saturated heterocycles. The van der Waals surface area contributed by atoms with Crippen molar-refractivity contribution in [2.45, 2.75) is 20.3 Å². The Morgan fingerprint density at radius 2 is 2.11 bits per heavy atom.